The Labute approximate surface area is 131 Å². The van der Waals surface area contributed by atoms with Crippen molar-refractivity contribution in [2.45, 2.75) is 36.2 Å². The normalized spacial score (nSPS) is 15.7. The number of nitrogens with zero attached hydrogens (tertiary/aromatic N) is 2. The van der Waals surface area contributed by atoms with Crippen molar-refractivity contribution in [2.24, 2.45) is 0 Å². The molecule has 1 N–H and O–H groups in total. The molecule has 1 aromatic carbocycles. The van der Waals surface area contributed by atoms with Gasteiger partial charge in [0.15, 0.2) is 0 Å². The van der Waals surface area contributed by atoms with Gasteiger partial charge in [-0.15, -0.1) is 10.2 Å². The standard InChI is InChI=1S/C14H14ClN3O2S/c1-8(12(19)16-11-5-3-2-4-10(11)15)21-14-18-17-13(20-14)9-6-7-9/h2-5,8-9H,6-7H2,1H3,(H,16,19)/t8-/m0/s1. The van der Waals surface area contributed by atoms with Crippen molar-refractivity contribution in [1.82, 2.24) is 10.2 Å². The van der Waals surface area contributed by atoms with E-state index in [0.29, 0.717) is 27.7 Å². The van der Waals surface area contributed by atoms with E-state index >= 15 is 0 Å². The molecule has 0 saturated heterocycles. The lowest BCUT2D eigenvalue weighted by Gasteiger charge is -2.10. The Balaban J connectivity index is 1.60. The first-order valence-corrected chi connectivity index (χ1v) is 7.94. The fourth-order valence-electron chi connectivity index (χ4n) is 1.76. The zero-order valence-electron chi connectivity index (χ0n) is 11.4. The number of hydrogen-bond acceptors (Lipinski definition) is 5. The molecule has 1 aromatic heterocycles. The van der Waals surface area contributed by atoms with Crippen molar-refractivity contribution in [3.8, 4) is 0 Å². The summed E-state index contributed by atoms with van der Waals surface area (Å²) in [5, 5.41) is 11.3. The Morgan fingerprint density at radius 1 is 1.43 bits per heavy atom. The van der Waals surface area contributed by atoms with Crippen LogP contribution >= 0.6 is 23.4 Å². The fourth-order valence-corrected chi connectivity index (χ4v) is 2.64. The number of para-hydroxylation sites is 1. The Morgan fingerprint density at radius 2 is 2.19 bits per heavy atom. The Kier molecular flexibility index (Phi) is 4.17. The van der Waals surface area contributed by atoms with Crippen LogP contribution in [0.3, 0.4) is 0 Å². The van der Waals surface area contributed by atoms with Crippen molar-refractivity contribution in [3.05, 3.63) is 35.2 Å². The summed E-state index contributed by atoms with van der Waals surface area (Å²) in [6.07, 6.45) is 2.21. The monoisotopic (exact) mass is 323 g/mol. The van der Waals surface area contributed by atoms with Crippen LogP contribution in [0.25, 0.3) is 0 Å². The minimum absolute atomic E-state index is 0.153. The number of anilines is 1. The molecule has 1 saturated carbocycles. The smallest absolute Gasteiger partial charge is 0.277 e. The molecule has 1 aliphatic carbocycles. The number of aromatic nitrogens is 2. The van der Waals surface area contributed by atoms with Gasteiger partial charge in [0.25, 0.3) is 5.22 Å². The van der Waals surface area contributed by atoms with Gasteiger partial charge in [-0.25, -0.2) is 0 Å². The molecular formula is C14H14ClN3O2S. The van der Waals surface area contributed by atoms with Crippen LogP contribution in [0.5, 0.6) is 0 Å². The average molecular weight is 324 g/mol. The summed E-state index contributed by atoms with van der Waals surface area (Å²) < 4.78 is 5.54. The van der Waals surface area contributed by atoms with Crippen LogP contribution < -0.4 is 5.32 Å². The first-order valence-electron chi connectivity index (χ1n) is 6.69. The number of hydrogen-bond donors (Lipinski definition) is 1. The largest absolute Gasteiger partial charge is 0.416 e. The van der Waals surface area contributed by atoms with Crippen LogP contribution in [-0.2, 0) is 4.79 Å². The molecule has 2 aromatic rings. The van der Waals surface area contributed by atoms with Crippen LogP contribution in [0.15, 0.2) is 33.9 Å². The van der Waals surface area contributed by atoms with Crippen LogP contribution in [0.1, 0.15) is 31.6 Å². The predicted molar refractivity (Wildman–Crippen MR) is 81.7 cm³/mol. The summed E-state index contributed by atoms with van der Waals surface area (Å²) >= 11 is 7.26. The van der Waals surface area contributed by atoms with E-state index < -0.39 is 0 Å². The molecule has 1 heterocycles. The number of thioether (sulfide) groups is 1. The van der Waals surface area contributed by atoms with Crippen LogP contribution in [0, 0.1) is 0 Å². The molecule has 0 spiro atoms. The van der Waals surface area contributed by atoms with E-state index in [2.05, 4.69) is 15.5 Å². The molecule has 1 amide bonds. The lowest BCUT2D eigenvalue weighted by molar-refractivity contribution is -0.115. The third-order valence-corrected chi connectivity index (χ3v) is 4.39. The molecular weight excluding hydrogens is 310 g/mol. The summed E-state index contributed by atoms with van der Waals surface area (Å²) in [6, 6.07) is 7.12. The molecule has 110 valence electrons. The number of benzene rings is 1. The lowest BCUT2D eigenvalue weighted by Crippen LogP contribution is -2.22. The summed E-state index contributed by atoms with van der Waals surface area (Å²) in [5.41, 5.74) is 0.598. The van der Waals surface area contributed by atoms with Gasteiger partial charge in [-0.1, -0.05) is 35.5 Å². The summed E-state index contributed by atoms with van der Waals surface area (Å²) in [4.78, 5) is 12.1. The Morgan fingerprint density at radius 3 is 2.90 bits per heavy atom. The summed E-state index contributed by atoms with van der Waals surface area (Å²) in [5.74, 6) is 0.939. The molecule has 1 aliphatic rings. The highest BCUT2D eigenvalue weighted by Crippen LogP contribution is 2.40. The molecule has 0 aliphatic heterocycles. The molecule has 7 heteroatoms. The molecule has 0 unspecified atom stereocenters. The maximum atomic E-state index is 12.1. The van der Waals surface area contributed by atoms with Gasteiger partial charge in [0.05, 0.1) is 16.0 Å². The van der Waals surface area contributed by atoms with Crippen molar-refractivity contribution in [2.75, 3.05) is 5.32 Å². The number of halogens is 1. The van der Waals surface area contributed by atoms with Gasteiger partial charge in [-0.05, 0) is 31.9 Å². The van der Waals surface area contributed by atoms with Gasteiger partial charge in [0.1, 0.15) is 0 Å². The quantitative estimate of drug-likeness (QED) is 0.849. The number of carbonyl (C=O) groups excluding carboxylic acids is 1. The zero-order valence-corrected chi connectivity index (χ0v) is 12.9. The maximum absolute atomic E-state index is 12.1. The van der Waals surface area contributed by atoms with Crippen molar-refractivity contribution in [3.63, 3.8) is 0 Å². The molecule has 1 fully saturated rings. The van der Waals surface area contributed by atoms with Crippen LogP contribution in [-0.4, -0.2) is 21.4 Å². The molecule has 3 rings (SSSR count). The SMILES string of the molecule is C[C@H](Sc1nnc(C2CC2)o1)C(=O)Nc1ccccc1Cl. The number of rotatable bonds is 5. The molecule has 0 radical (unpaired) electrons. The third kappa shape index (κ3) is 3.57. The minimum Gasteiger partial charge on any atom is -0.416 e. The van der Waals surface area contributed by atoms with E-state index in [9.17, 15) is 4.79 Å². The van der Waals surface area contributed by atoms with E-state index in [1.807, 2.05) is 12.1 Å². The van der Waals surface area contributed by atoms with Crippen LogP contribution in [0.4, 0.5) is 5.69 Å². The predicted octanol–water partition coefficient (Wildman–Crippen LogP) is 3.72. The topological polar surface area (TPSA) is 68.0 Å². The number of nitrogens with one attached hydrogen (secondary N) is 1. The second-order valence-corrected chi connectivity index (χ2v) is 6.61. The molecule has 21 heavy (non-hydrogen) atoms. The molecule has 0 bridgehead atoms. The number of amides is 1. The highest BCUT2D eigenvalue weighted by atomic mass is 35.5. The van der Waals surface area contributed by atoms with Gasteiger partial charge in [0, 0.05) is 5.92 Å². The average Bonchev–Trinajstić information content (AvgIpc) is 3.22. The zero-order chi connectivity index (χ0) is 14.8. The van der Waals surface area contributed by atoms with E-state index in [-0.39, 0.29) is 11.2 Å². The molecule has 5 nitrogen and oxygen atoms in total. The van der Waals surface area contributed by atoms with Gasteiger partial charge < -0.3 is 9.73 Å². The maximum Gasteiger partial charge on any atom is 0.277 e. The summed E-state index contributed by atoms with van der Waals surface area (Å²) in [7, 11) is 0. The highest BCUT2D eigenvalue weighted by Gasteiger charge is 2.30. The van der Waals surface area contributed by atoms with Crippen LogP contribution in [0.2, 0.25) is 5.02 Å². The van der Waals surface area contributed by atoms with Gasteiger partial charge in [-0.2, -0.15) is 0 Å². The Bertz CT molecular complexity index is 657. The van der Waals surface area contributed by atoms with E-state index in [1.54, 1.807) is 19.1 Å². The lowest BCUT2D eigenvalue weighted by atomic mass is 10.3. The second kappa shape index (κ2) is 6.07. The first-order chi connectivity index (χ1) is 10.1. The third-order valence-electron chi connectivity index (χ3n) is 3.13. The van der Waals surface area contributed by atoms with Gasteiger partial charge in [0.2, 0.25) is 11.8 Å². The number of carbonyl (C=O) groups is 1. The highest BCUT2D eigenvalue weighted by molar-refractivity contribution is 8.00. The van der Waals surface area contributed by atoms with Gasteiger partial charge in [-0.3, -0.25) is 4.79 Å². The van der Waals surface area contributed by atoms with E-state index in [0.717, 1.165) is 12.8 Å². The second-order valence-electron chi connectivity index (χ2n) is 4.91. The summed E-state index contributed by atoms with van der Waals surface area (Å²) in [6.45, 7) is 1.79. The fraction of sp³-hybridized carbons (Fsp3) is 0.357. The van der Waals surface area contributed by atoms with Crippen molar-refractivity contribution in [1.29, 1.82) is 0 Å². The van der Waals surface area contributed by atoms with Gasteiger partial charge >= 0.3 is 0 Å². The Hall–Kier alpha value is -1.53. The van der Waals surface area contributed by atoms with E-state index in [4.69, 9.17) is 16.0 Å². The van der Waals surface area contributed by atoms with E-state index in [1.165, 1.54) is 11.8 Å². The van der Waals surface area contributed by atoms with Crippen molar-refractivity contribution < 1.29 is 9.21 Å². The molecule has 1 atom stereocenters. The van der Waals surface area contributed by atoms with Crippen molar-refractivity contribution >= 4 is 35.0 Å². The first kappa shape index (κ1) is 14.4. The minimum atomic E-state index is -0.353.